The van der Waals surface area contributed by atoms with Crippen LogP contribution < -0.4 is 11.4 Å². The maximum atomic E-state index is 11.8. The summed E-state index contributed by atoms with van der Waals surface area (Å²) >= 11 is 0. The van der Waals surface area contributed by atoms with Crippen LogP contribution in [-0.2, 0) is 9.47 Å². The third kappa shape index (κ3) is 2.54. The molecule has 0 bridgehead atoms. The summed E-state index contributed by atoms with van der Waals surface area (Å²) < 4.78 is 12.8. The van der Waals surface area contributed by atoms with E-state index in [0.29, 0.717) is 13.2 Å². The number of rotatable bonds is 4. The summed E-state index contributed by atoms with van der Waals surface area (Å²) in [6.07, 6.45) is 2.93. The molecule has 2 N–H and O–H groups in total. The molecule has 1 aliphatic rings. The Kier molecular flexibility index (Phi) is 3.98. The first-order valence-corrected chi connectivity index (χ1v) is 6.22. The van der Waals surface area contributed by atoms with E-state index < -0.39 is 11.9 Å². The van der Waals surface area contributed by atoms with E-state index in [0.717, 1.165) is 18.4 Å². The molecule has 2 heterocycles. The molecule has 1 aliphatic heterocycles. The molecule has 0 radical (unpaired) electrons. The van der Waals surface area contributed by atoms with Crippen molar-refractivity contribution < 1.29 is 9.47 Å². The molecule has 0 saturated carbocycles. The van der Waals surface area contributed by atoms with Gasteiger partial charge in [-0.2, -0.15) is 4.98 Å². The number of anilines is 1. The van der Waals surface area contributed by atoms with Crippen molar-refractivity contribution in [2.24, 2.45) is 0 Å². The van der Waals surface area contributed by atoms with Crippen molar-refractivity contribution in [3.8, 4) is 0 Å². The van der Waals surface area contributed by atoms with Crippen molar-refractivity contribution in [3.63, 3.8) is 0 Å². The molecule has 0 aromatic carbocycles. The lowest BCUT2D eigenvalue weighted by Gasteiger charge is -2.21. The summed E-state index contributed by atoms with van der Waals surface area (Å²) in [4.78, 5) is 15.6. The highest BCUT2D eigenvalue weighted by atomic mass is 16.6. The van der Waals surface area contributed by atoms with Crippen molar-refractivity contribution in [1.82, 2.24) is 9.55 Å². The third-order valence-electron chi connectivity index (χ3n) is 2.99. The second kappa shape index (κ2) is 5.49. The van der Waals surface area contributed by atoms with Gasteiger partial charge in [0.2, 0.25) is 0 Å². The van der Waals surface area contributed by atoms with Crippen molar-refractivity contribution in [1.29, 1.82) is 0 Å². The molecule has 1 aromatic rings. The van der Waals surface area contributed by atoms with Crippen molar-refractivity contribution in [2.75, 3.05) is 18.9 Å². The second-order valence-electron chi connectivity index (χ2n) is 4.46. The molecule has 1 fully saturated rings. The number of nitrogens with zero attached hydrogens (tertiary/aromatic N) is 2. The Morgan fingerprint density at radius 1 is 1.67 bits per heavy atom. The minimum atomic E-state index is -0.393. The van der Waals surface area contributed by atoms with Gasteiger partial charge in [-0.1, -0.05) is 6.92 Å². The number of aryl methyl sites for hydroxylation is 1. The molecule has 6 nitrogen and oxygen atoms in total. The summed E-state index contributed by atoms with van der Waals surface area (Å²) in [5.74, 6) is 0.264. The third-order valence-corrected chi connectivity index (χ3v) is 2.99. The molecule has 2 atom stereocenters. The van der Waals surface area contributed by atoms with Gasteiger partial charge in [-0.25, -0.2) is 4.79 Å². The van der Waals surface area contributed by atoms with Crippen LogP contribution in [0.25, 0.3) is 0 Å². The Labute approximate surface area is 106 Å². The van der Waals surface area contributed by atoms with E-state index in [4.69, 9.17) is 15.2 Å². The summed E-state index contributed by atoms with van der Waals surface area (Å²) in [5.41, 5.74) is 5.98. The molecule has 18 heavy (non-hydrogen) atoms. The molecule has 2 rings (SSSR count). The number of ether oxygens (including phenoxy) is 2. The smallest absolute Gasteiger partial charge is 0.351 e. The van der Waals surface area contributed by atoms with Crippen LogP contribution in [0.15, 0.2) is 11.0 Å². The van der Waals surface area contributed by atoms with Gasteiger partial charge in [0, 0.05) is 24.8 Å². The van der Waals surface area contributed by atoms with Gasteiger partial charge in [-0.3, -0.25) is 4.57 Å². The fourth-order valence-electron chi connectivity index (χ4n) is 2.01. The minimum Gasteiger partial charge on any atom is -0.383 e. The highest BCUT2D eigenvalue weighted by Crippen LogP contribution is 2.25. The zero-order valence-corrected chi connectivity index (χ0v) is 10.8. The predicted octanol–water partition coefficient (Wildman–Crippen LogP) is 0.848. The number of hydrogen-bond acceptors (Lipinski definition) is 5. The quantitative estimate of drug-likeness (QED) is 0.860. The fraction of sp³-hybridized carbons (Fsp3) is 0.667. The van der Waals surface area contributed by atoms with Gasteiger partial charge in [0.1, 0.15) is 11.9 Å². The lowest BCUT2D eigenvalue weighted by atomic mass is 10.2. The Morgan fingerprint density at radius 3 is 3.17 bits per heavy atom. The van der Waals surface area contributed by atoms with Crippen LogP contribution >= 0.6 is 0 Å². The summed E-state index contributed by atoms with van der Waals surface area (Å²) in [7, 11) is 0. The monoisotopic (exact) mass is 253 g/mol. The van der Waals surface area contributed by atoms with Crippen LogP contribution in [0.4, 0.5) is 5.82 Å². The van der Waals surface area contributed by atoms with Crippen LogP contribution in [-0.4, -0.2) is 28.9 Å². The standard InChI is InChI=1S/C12H19N3O3/c1-3-5-17-9-4-6-18-11(9)15-7-8(2)10(13)14-12(15)16/h7,9,11H,3-6H2,1-2H3,(H2,13,14,16)/t9?,11-/m1/s1. The van der Waals surface area contributed by atoms with Crippen LogP contribution in [0.5, 0.6) is 0 Å². The first-order valence-electron chi connectivity index (χ1n) is 6.22. The molecular weight excluding hydrogens is 234 g/mol. The van der Waals surface area contributed by atoms with Gasteiger partial charge < -0.3 is 15.2 Å². The Hall–Kier alpha value is -1.40. The van der Waals surface area contributed by atoms with Crippen LogP contribution in [0, 0.1) is 6.92 Å². The van der Waals surface area contributed by atoms with Crippen molar-refractivity contribution in [2.45, 2.75) is 39.0 Å². The maximum absolute atomic E-state index is 11.8. The average molecular weight is 253 g/mol. The second-order valence-corrected chi connectivity index (χ2v) is 4.46. The molecule has 100 valence electrons. The van der Waals surface area contributed by atoms with Gasteiger partial charge in [-0.05, 0) is 13.3 Å². The summed E-state index contributed by atoms with van der Waals surface area (Å²) in [5, 5.41) is 0. The Morgan fingerprint density at radius 2 is 2.44 bits per heavy atom. The topological polar surface area (TPSA) is 79.4 Å². The van der Waals surface area contributed by atoms with E-state index in [1.54, 1.807) is 6.20 Å². The highest BCUT2D eigenvalue weighted by molar-refractivity contribution is 5.35. The van der Waals surface area contributed by atoms with E-state index >= 15 is 0 Å². The van der Waals surface area contributed by atoms with Gasteiger partial charge in [0.25, 0.3) is 0 Å². The minimum absolute atomic E-state index is 0.0903. The SMILES string of the molecule is CCCOC1CCO[C@H]1n1cc(C)c(N)nc1=O. The van der Waals surface area contributed by atoms with Crippen molar-refractivity contribution >= 4 is 5.82 Å². The molecule has 1 unspecified atom stereocenters. The van der Waals surface area contributed by atoms with Crippen LogP contribution in [0.1, 0.15) is 31.6 Å². The van der Waals surface area contributed by atoms with E-state index in [-0.39, 0.29) is 11.9 Å². The van der Waals surface area contributed by atoms with E-state index in [1.807, 2.05) is 13.8 Å². The lowest BCUT2D eigenvalue weighted by molar-refractivity contribution is -0.0489. The number of nitrogens with two attached hydrogens (primary N) is 1. The zero-order chi connectivity index (χ0) is 13.1. The van der Waals surface area contributed by atoms with E-state index in [9.17, 15) is 4.79 Å². The lowest BCUT2D eigenvalue weighted by Crippen LogP contribution is -2.33. The van der Waals surface area contributed by atoms with Crippen molar-refractivity contribution in [3.05, 3.63) is 22.2 Å². The molecular formula is C12H19N3O3. The van der Waals surface area contributed by atoms with E-state index in [1.165, 1.54) is 4.57 Å². The van der Waals surface area contributed by atoms with Crippen LogP contribution in [0.2, 0.25) is 0 Å². The molecule has 0 amide bonds. The number of nitrogen functional groups attached to an aromatic ring is 1. The maximum Gasteiger partial charge on any atom is 0.351 e. The number of hydrogen-bond donors (Lipinski definition) is 1. The Balaban J connectivity index is 2.24. The number of aromatic nitrogens is 2. The molecule has 0 spiro atoms. The fourth-order valence-corrected chi connectivity index (χ4v) is 2.01. The summed E-state index contributed by atoms with van der Waals surface area (Å²) in [6, 6.07) is 0. The van der Waals surface area contributed by atoms with Gasteiger partial charge >= 0.3 is 5.69 Å². The molecule has 6 heteroatoms. The van der Waals surface area contributed by atoms with Gasteiger partial charge in [0.15, 0.2) is 6.23 Å². The first kappa shape index (κ1) is 13.0. The molecule has 1 aromatic heterocycles. The first-order chi connectivity index (χ1) is 8.63. The molecule has 1 saturated heterocycles. The van der Waals surface area contributed by atoms with Gasteiger partial charge in [0.05, 0.1) is 6.61 Å². The van der Waals surface area contributed by atoms with E-state index in [2.05, 4.69) is 4.98 Å². The highest BCUT2D eigenvalue weighted by Gasteiger charge is 2.31. The zero-order valence-electron chi connectivity index (χ0n) is 10.8. The van der Waals surface area contributed by atoms with Crippen LogP contribution in [0.3, 0.4) is 0 Å². The average Bonchev–Trinajstić information content (AvgIpc) is 2.79. The summed E-state index contributed by atoms with van der Waals surface area (Å²) in [6.45, 7) is 5.12. The normalized spacial score (nSPS) is 23.4. The predicted molar refractivity (Wildman–Crippen MR) is 67.3 cm³/mol. The van der Waals surface area contributed by atoms with Gasteiger partial charge in [-0.15, -0.1) is 0 Å². The largest absolute Gasteiger partial charge is 0.383 e. The molecule has 0 aliphatic carbocycles. The Bertz CT molecular complexity index is 472.